The van der Waals surface area contributed by atoms with Gasteiger partial charge in [0.1, 0.15) is 5.82 Å². The molecule has 0 aliphatic carbocycles. The van der Waals surface area contributed by atoms with Crippen molar-refractivity contribution in [3.05, 3.63) is 47.8 Å². The van der Waals surface area contributed by atoms with Crippen LogP contribution in [0.3, 0.4) is 0 Å². The lowest BCUT2D eigenvalue weighted by Gasteiger charge is -2.34. The third-order valence-electron chi connectivity index (χ3n) is 3.42. The van der Waals surface area contributed by atoms with Gasteiger partial charge in [-0.15, -0.1) is 31.4 Å². The standard InChI is InChI=1S/C14H16F4N2.2ClH/c1-2-12(20-8-6-19-7-9-20)13-10(14(16,17)18)4-3-5-11(13)15;;/h2-5,12,19H,1,6-9H2;2*1H/t12-;;/m0../s1. The fourth-order valence-electron chi connectivity index (χ4n) is 2.49. The molecule has 0 unspecified atom stereocenters. The van der Waals surface area contributed by atoms with E-state index in [0.29, 0.717) is 26.2 Å². The van der Waals surface area contributed by atoms with Gasteiger partial charge in [0.05, 0.1) is 11.6 Å². The largest absolute Gasteiger partial charge is 0.416 e. The van der Waals surface area contributed by atoms with Crippen molar-refractivity contribution >= 4 is 24.8 Å². The minimum Gasteiger partial charge on any atom is -0.314 e. The molecule has 8 heteroatoms. The Morgan fingerprint density at radius 2 is 1.77 bits per heavy atom. The summed E-state index contributed by atoms with van der Waals surface area (Å²) in [5.41, 5.74) is -1.27. The number of piperazine rings is 1. The van der Waals surface area contributed by atoms with E-state index in [4.69, 9.17) is 0 Å². The zero-order chi connectivity index (χ0) is 14.8. The van der Waals surface area contributed by atoms with Gasteiger partial charge in [0, 0.05) is 31.7 Å². The SMILES string of the molecule is C=C[C@@H](c1c(F)cccc1C(F)(F)F)N1CCNCC1.Cl.Cl. The quantitative estimate of drug-likeness (QED) is 0.651. The number of nitrogens with one attached hydrogen (secondary N) is 1. The zero-order valence-corrected chi connectivity index (χ0v) is 13.3. The van der Waals surface area contributed by atoms with Crippen LogP contribution in [0.5, 0.6) is 0 Å². The topological polar surface area (TPSA) is 15.3 Å². The van der Waals surface area contributed by atoms with Gasteiger partial charge < -0.3 is 5.32 Å². The molecule has 22 heavy (non-hydrogen) atoms. The second kappa shape index (κ2) is 8.72. The maximum absolute atomic E-state index is 14.0. The molecule has 1 aliphatic heterocycles. The summed E-state index contributed by atoms with van der Waals surface area (Å²) in [6.45, 7) is 6.03. The molecule has 1 atom stereocenters. The van der Waals surface area contributed by atoms with E-state index < -0.39 is 23.6 Å². The van der Waals surface area contributed by atoms with Gasteiger partial charge >= 0.3 is 6.18 Å². The van der Waals surface area contributed by atoms with Crippen molar-refractivity contribution in [3.63, 3.8) is 0 Å². The number of halogens is 6. The summed E-state index contributed by atoms with van der Waals surface area (Å²) >= 11 is 0. The highest BCUT2D eigenvalue weighted by Gasteiger charge is 2.37. The summed E-state index contributed by atoms with van der Waals surface area (Å²) < 4.78 is 53.2. The third kappa shape index (κ3) is 4.59. The first kappa shape index (κ1) is 21.2. The van der Waals surface area contributed by atoms with Crippen LogP contribution in [0.4, 0.5) is 17.6 Å². The molecule has 1 aromatic rings. The summed E-state index contributed by atoms with van der Waals surface area (Å²) in [5, 5.41) is 3.11. The minimum absolute atomic E-state index is 0. The molecule has 1 heterocycles. The molecule has 1 aliphatic rings. The van der Waals surface area contributed by atoms with Crippen molar-refractivity contribution in [3.8, 4) is 0 Å². The van der Waals surface area contributed by atoms with Crippen LogP contribution in [0.1, 0.15) is 17.2 Å². The van der Waals surface area contributed by atoms with Crippen LogP contribution in [-0.4, -0.2) is 31.1 Å². The minimum atomic E-state index is -4.58. The van der Waals surface area contributed by atoms with Gasteiger partial charge in [0.25, 0.3) is 0 Å². The average Bonchev–Trinajstić information content (AvgIpc) is 2.41. The van der Waals surface area contributed by atoms with Gasteiger partial charge in [0.2, 0.25) is 0 Å². The predicted molar refractivity (Wildman–Crippen MR) is 83.3 cm³/mol. The van der Waals surface area contributed by atoms with Crippen LogP contribution >= 0.6 is 24.8 Å². The molecule has 1 saturated heterocycles. The van der Waals surface area contributed by atoms with E-state index in [1.165, 1.54) is 6.08 Å². The van der Waals surface area contributed by atoms with Crippen molar-refractivity contribution < 1.29 is 17.6 Å². The monoisotopic (exact) mass is 360 g/mol. The average molecular weight is 361 g/mol. The van der Waals surface area contributed by atoms with Gasteiger partial charge in [0.15, 0.2) is 0 Å². The van der Waals surface area contributed by atoms with E-state index in [1.54, 1.807) is 4.90 Å². The Morgan fingerprint density at radius 1 is 1.18 bits per heavy atom. The normalized spacial score (nSPS) is 17.1. The fraction of sp³-hybridized carbons (Fsp3) is 0.429. The maximum Gasteiger partial charge on any atom is 0.416 e. The Morgan fingerprint density at radius 3 is 2.27 bits per heavy atom. The van der Waals surface area contributed by atoms with E-state index in [-0.39, 0.29) is 30.4 Å². The Labute approximate surface area is 139 Å². The number of benzene rings is 1. The lowest BCUT2D eigenvalue weighted by molar-refractivity contribution is -0.138. The number of hydrogen-bond acceptors (Lipinski definition) is 2. The number of alkyl halides is 3. The summed E-state index contributed by atoms with van der Waals surface area (Å²) in [5.74, 6) is -0.844. The Balaban J connectivity index is 0.00000220. The summed E-state index contributed by atoms with van der Waals surface area (Å²) in [4.78, 5) is 1.80. The van der Waals surface area contributed by atoms with Crippen LogP contribution in [0.2, 0.25) is 0 Å². The summed E-state index contributed by atoms with van der Waals surface area (Å²) in [6, 6.07) is 2.29. The maximum atomic E-state index is 14.0. The highest BCUT2D eigenvalue weighted by atomic mass is 35.5. The van der Waals surface area contributed by atoms with Crippen molar-refractivity contribution in [1.82, 2.24) is 10.2 Å². The molecule has 0 bridgehead atoms. The van der Waals surface area contributed by atoms with E-state index in [0.717, 1.165) is 18.2 Å². The molecular weight excluding hydrogens is 343 g/mol. The lowest BCUT2D eigenvalue weighted by atomic mass is 9.97. The van der Waals surface area contributed by atoms with Crippen LogP contribution < -0.4 is 5.32 Å². The molecule has 2 rings (SSSR count). The van der Waals surface area contributed by atoms with E-state index >= 15 is 0 Å². The first-order chi connectivity index (χ1) is 9.45. The van der Waals surface area contributed by atoms with Gasteiger partial charge in [-0.2, -0.15) is 13.2 Å². The molecule has 1 N–H and O–H groups in total. The number of rotatable bonds is 3. The molecule has 0 aromatic heterocycles. The van der Waals surface area contributed by atoms with Crippen molar-refractivity contribution in [2.75, 3.05) is 26.2 Å². The van der Waals surface area contributed by atoms with Crippen LogP contribution in [0.25, 0.3) is 0 Å². The second-order valence-electron chi connectivity index (χ2n) is 4.67. The zero-order valence-electron chi connectivity index (χ0n) is 11.7. The van der Waals surface area contributed by atoms with Crippen molar-refractivity contribution in [2.24, 2.45) is 0 Å². The van der Waals surface area contributed by atoms with E-state index in [9.17, 15) is 17.6 Å². The van der Waals surface area contributed by atoms with Crippen LogP contribution in [0.15, 0.2) is 30.9 Å². The molecular formula is C14H18Cl2F4N2. The molecule has 0 spiro atoms. The molecule has 1 aromatic carbocycles. The van der Waals surface area contributed by atoms with Gasteiger partial charge in [-0.1, -0.05) is 12.1 Å². The van der Waals surface area contributed by atoms with Crippen molar-refractivity contribution in [2.45, 2.75) is 12.2 Å². The fourth-order valence-corrected chi connectivity index (χ4v) is 2.49. The van der Waals surface area contributed by atoms with Crippen LogP contribution in [-0.2, 0) is 6.18 Å². The lowest BCUT2D eigenvalue weighted by Crippen LogP contribution is -2.45. The molecule has 1 fully saturated rings. The Bertz CT molecular complexity index is 488. The molecule has 2 nitrogen and oxygen atoms in total. The second-order valence-corrected chi connectivity index (χ2v) is 4.67. The molecule has 0 amide bonds. The molecule has 126 valence electrons. The highest BCUT2D eigenvalue weighted by Crippen LogP contribution is 2.38. The highest BCUT2D eigenvalue weighted by molar-refractivity contribution is 5.85. The predicted octanol–water partition coefficient (Wildman–Crippen LogP) is 3.82. The smallest absolute Gasteiger partial charge is 0.314 e. The number of nitrogens with zero attached hydrogens (tertiary/aromatic N) is 1. The van der Waals surface area contributed by atoms with Gasteiger partial charge in [-0.25, -0.2) is 4.39 Å². The van der Waals surface area contributed by atoms with E-state index in [1.807, 2.05) is 0 Å². The first-order valence-electron chi connectivity index (χ1n) is 6.38. The third-order valence-corrected chi connectivity index (χ3v) is 3.42. The molecule has 0 saturated carbocycles. The Kier molecular flexibility index (Phi) is 8.39. The van der Waals surface area contributed by atoms with Crippen molar-refractivity contribution in [1.29, 1.82) is 0 Å². The summed E-state index contributed by atoms with van der Waals surface area (Å²) in [7, 11) is 0. The number of hydrogen-bond donors (Lipinski definition) is 1. The van der Waals surface area contributed by atoms with Crippen LogP contribution in [0, 0.1) is 5.82 Å². The first-order valence-corrected chi connectivity index (χ1v) is 6.38. The van der Waals surface area contributed by atoms with E-state index in [2.05, 4.69) is 11.9 Å². The Hall–Kier alpha value is -0.820. The summed E-state index contributed by atoms with van der Waals surface area (Å²) in [6.07, 6.45) is -3.20. The van der Waals surface area contributed by atoms with Gasteiger partial charge in [-0.3, -0.25) is 4.90 Å². The van der Waals surface area contributed by atoms with Gasteiger partial charge in [-0.05, 0) is 12.1 Å². The molecule has 0 radical (unpaired) electrons.